The van der Waals surface area contributed by atoms with E-state index in [1.165, 1.54) is 19.3 Å². The Labute approximate surface area is 117 Å². The third-order valence-corrected chi connectivity index (χ3v) is 4.65. The molecule has 7 heteroatoms. The minimum absolute atomic E-state index is 0.105. The molecule has 1 aliphatic heterocycles. The lowest BCUT2D eigenvalue weighted by Gasteiger charge is -2.48. The van der Waals surface area contributed by atoms with Gasteiger partial charge in [-0.15, -0.1) is 0 Å². The Morgan fingerprint density at radius 1 is 1.55 bits per heavy atom. The third-order valence-electron chi connectivity index (χ3n) is 4.65. The van der Waals surface area contributed by atoms with Crippen molar-refractivity contribution in [2.45, 2.75) is 50.6 Å². The molecule has 1 saturated carbocycles. The van der Waals surface area contributed by atoms with Gasteiger partial charge in [0.2, 0.25) is 5.82 Å². The van der Waals surface area contributed by atoms with Crippen molar-refractivity contribution in [3.63, 3.8) is 0 Å². The summed E-state index contributed by atoms with van der Waals surface area (Å²) >= 11 is 0. The number of piperidine rings is 1. The van der Waals surface area contributed by atoms with Gasteiger partial charge in [0.1, 0.15) is 5.69 Å². The van der Waals surface area contributed by atoms with Gasteiger partial charge in [0, 0.05) is 18.6 Å². The average Bonchev–Trinajstić information content (AvgIpc) is 2.62. The van der Waals surface area contributed by atoms with E-state index in [0.29, 0.717) is 11.5 Å². The minimum atomic E-state index is -0.342. The number of rotatable bonds is 3. The fourth-order valence-corrected chi connectivity index (χ4v) is 3.49. The Balaban J connectivity index is 1.79. The molecule has 7 nitrogen and oxygen atoms in total. The van der Waals surface area contributed by atoms with Crippen molar-refractivity contribution in [1.82, 2.24) is 15.1 Å². The second kappa shape index (κ2) is 4.73. The molecule has 2 fully saturated rings. The molecule has 1 aromatic rings. The first-order chi connectivity index (χ1) is 9.51. The first kappa shape index (κ1) is 13.4. The topological polar surface area (TPSA) is 85.0 Å². The van der Waals surface area contributed by atoms with Crippen molar-refractivity contribution in [1.29, 1.82) is 0 Å². The van der Waals surface area contributed by atoms with Crippen LogP contribution in [0.15, 0.2) is 0 Å². The van der Waals surface area contributed by atoms with Crippen molar-refractivity contribution < 1.29 is 4.92 Å². The lowest BCUT2D eigenvalue weighted by Crippen LogP contribution is -2.58. The summed E-state index contributed by atoms with van der Waals surface area (Å²) in [4.78, 5) is 10.8. The van der Waals surface area contributed by atoms with Crippen LogP contribution in [0.4, 0.5) is 11.5 Å². The second-order valence-electron chi connectivity index (χ2n) is 6.06. The Morgan fingerprint density at radius 3 is 2.90 bits per heavy atom. The molecule has 1 atom stereocenters. The van der Waals surface area contributed by atoms with Gasteiger partial charge in [0.05, 0.1) is 4.92 Å². The van der Waals surface area contributed by atoms with Crippen LogP contribution in [0.2, 0.25) is 0 Å². The van der Waals surface area contributed by atoms with Crippen molar-refractivity contribution in [3.8, 4) is 0 Å². The van der Waals surface area contributed by atoms with Crippen LogP contribution in [0.25, 0.3) is 0 Å². The van der Waals surface area contributed by atoms with E-state index in [4.69, 9.17) is 0 Å². The highest BCUT2D eigenvalue weighted by atomic mass is 16.6. The zero-order valence-electron chi connectivity index (χ0n) is 12.0. The van der Waals surface area contributed by atoms with Crippen LogP contribution in [0.1, 0.15) is 37.8 Å². The molecular formula is C13H21N5O2. The van der Waals surface area contributed by atoms with Crippen molar-refractivity contribution in [2.75, 3.05) is 11.9 Å². The van der Waals surface area contributed by atoms with Gasteiger partial charge in [0.25, 0.3) is 0 Å². The van der Waals surface area contributed by atoms with Crippen LogP contribution in [0.5, 0.6) is 0 Å². The van der Waals surface area contributed by atoms with Gasteiger partial charge >= 0.3 is 5.69 Å². The molecule has 0 radical (unpaired) electrons. The highest BCUT2D eigenvalue weighted by Crippen LogP contribution is 2.39. The lowest BCUT2D eigenvalue weighted by molar-refractivity contribution is -0.384. The third kappa shape index (κ3) is 2.15. The van der Waals surface area contributed by atoms with E-state index in [1.807, 2.05) is 0 Å². The van der Waals surface area contributed by atoms with Crippen LogP contribution in [-0.4, -0.2) is 32.8 Å². The van der Waals surface area contributed by atoms with Crippen molar-refractivity contribution in [2.24, 2.45) is 7.05 Å². The first-order valence-corrected chi connectivity index (χ1v) is 7.20. The van der Waals surface area contributed by atoms with Gasteiger partial charge < -0.3 is 10.6 Å². The van der Waals surface area contributed by atoms with Gasteiger partial charge in [-0.3, -0.25) is 10.1 Å². The van der Waals surface area contributed by atoms with E-state index in [1.54, 1.807) is 18.7 Å². The number of nitrogens with one attached hydrogen (secondary N) is 2. The van der Waals surface area contributed by atoms with Gasteiger partial charge in [-0.05, 0) is 45.6 Å². The monoisotopic (exact) mass is 279 g/mol. The molecule has 0 aromatic carbocycles. The number of anilines is 1. The van der Waals surface area contributed by atoms with Gasteiger partial charge in [0.15, 0.2) is 0 Å². The highest BCUT2D eigenvalue weighted by Gasteiger charge is 2.41. The average molecular weight is 279 g/mol. The standard InChI is InChI=1S/C13H21N5O2/c1-9-11(18(19)20)12(17(2)16-9)15-10-4-7-14-13(8-10)5-3-6-13/h10,14-15H,3-8H2,1-2H3. The van der Waals surface area contributed by atoms with E-state index in [0.717, 1.165) is 19.4 Å². The number of nitro groups is 1. The molecular weight excluding hydrogens is 258 g/mol. The van der Waals surface area contributed by atoms with Crippen LogP contribution >= 0.6 is 0 Å². The predicted molar refractivity (Wildman–Crippen MR) is 75.8 cm³/mol. The number of nitrogens with zero attached hydrogens (tertiary/aromatic N) is 3. The molecule has 1 aliphatic carbocycles. The largest absolute Gasteiger partial charge is 0.362 e. The van der Waals surface area contributed by atoms with Gasteiger partial charge in [-0.1, -0.05) is 0 Å². The molecule has 2 heterocycles. The molecule has 1 aromatic heterocycles. The first-order valence-electron chi connectivity index (χ1n) is 7.20. The summed E-state index contributed by atoms with van der Waals surface area (Å²) in [7, 11) is 1.75. The summed E-state index contributed by atoms with van der Waals surface area (Å²) in [6, 6.07) is 0.282. The molecule has 0 amide bonds. The second-order valence-corrected chi connectivity index (χ2v) is 6.06. The highest BCUT2D eigenvalue weighted by molar-refractivity contribution is 5.60. The van der Waals surface area contributed by atoms with E-state index < -0.39 is 0 Å². The SMILES string of the molecule is Cc1nn(C)c(NC2CCNC3(CCC3)C2)c1[N+](=O)[O-]. The summed E-state index contributed by atoms with van der Waals surface area (Å²) in [5.74, 6) is 0.536. The maximum atomic E-state index is 11.2. The summed E-state index contributed by atoms with van der Waals surface area (Å²) in [6.45, 7) is 2.65. The quantitative estimate of drug-likeness (QED) is 0.650. The van der Waals surface area contributed by atoms with E-state index in [-0.39, 0.29) is 22.2 Å². The predicted octanol–water partition coefficient (Wildman–Crippen LogP) is 1.72. The zero-order chi connectivity index (χ0) is 14.3. The van der Waals surface area contributed by atoms with E-state index in [2.05, 4.69) is 15.7 Å². The minimum Gasteiger partial charge on any atom is -0.362 e. The number of aryl methyl sites for hydroxylation is 2. The maximum absolute atomic E-state index is 11.2. The van der Waals surface area contributed by atoms with Crippen LogP contribution < -0.4 is 10.6 Å². The summed E-state index contributed by atoms with van der Waals surface area (Å²) in [6.07, 6.45) is 5.75. The Kier molecular flexibility index (Phi) is 3.16. The summed E-state index contributed by atoms with van der Waals surface area (Å²) in [5, 5.41) is 22.3. The number of hydrogen-bond donors (Lipinski definition) is 2. The molecule has 110 valence electrons. The molecule has 2 aliphatic rings. The van der Waals surface area contributed by atoms with Gasteiger partial charge in [-0.2, -0.15) is 5.10 Å². The Hall–Kier alpha value is -1.63. The van der Waals surface area contributed by atoms with Crippen molar-refractivity contribution >= 4 is 11.5 Å². The molecule has 1 spiro atoms. The van der Waals surface area contributed by atoms with Crippen molar-refractivity contribution in [3.05, 3.63) is 15.8 Å². The normalized spacial score (nSPS) is 24.4. The van der Waals surface area contributed by atoms with Crippen LogP contribution in [-0.2, 0) is 7.05 Å². The van der Waals surface area contributed by atoms with E-state index in [9.17, 15) is 10.1 Å². The molecule has 2 N–H and O–H groups in total. The smallest absolute Gasteiger partial charge is 0.333 e. The van der Waals surface area contributed by atoms with Crippen LogP contribution in [0, 0.1) is 17.0 Å². The van der Waals surface area contributed by atoms with Gasteiger partial charge in [-0.25, -0.2) is 4.68 Å². The Morgan fingerprint density at radius 2 is 2.30 bits per heavy atom. The molecule has 1 unspecified atom stereocenters. The molecule has 1 saturated heterocycles. The molecule has 20 heavy (non-hydrogen) atoms. The Bertz CT molecular complexity index is 535. The lowest BCUT2D eigenvalue weighted by atomic mass is 9.70. The van der Waals surface area contributed by atoms with E-state index >= 15 is 0 Å². The van der Waals surface area contributed by atoms with Crippen LogP contribution in [0.3, 0.4) is 0 Å². The summed E-state index contributed by atoms with van der Waals surface area (Å²) < 4.78 is 1.59. The summed E-state index contributed by atoms with van der Waals surface area (Å²) in [5.41, 5.74) is 0.846. The molecule has 0 bridgehead atoms. The molecule has 3 rings (SSSR count). The fourth-order valence-electron chi connectivity index (χ4n) is 3.49. The number of aromatic nitrogens is 2. The number of hydrogen-bond acceptors (Lipinski definition) is 5. The maximum Gasteiger partial charge on any atom is 0.333 e. The fraction of sp³-hybridized carbons (Fsp3) is 0.769. The zero-order valence-corrected chi connectivity index (χ0v) is 12.0.